The molecule has 2 radical (unpaired) electrons. The van der Waals surface area contributed by atoms with Gasteiger partial charge in [0.15, 0.2) is 0 Å². The Morgan fingerprint density at radius 1 is 1.46 bits per heavy atom. The number of fused-ring (bicyclic) bond motifs is 2. The van der Waals surface area contributed by atoms with Gasteiger partial charge in [0.05, 0.1) is 6.10 Å². The molecule has 0 aromatic rings. The molecule has 1 aliphatic carbocycles. The van der Waals surface area contributed by atoms with Crippen LogP contribution in [-0.2, 0) is 4.74 Å². The monoisotopic (exact) mass is 180 g/mol. The highest BCUT2D eigenvalue weighted by Gasteiger charge is 2.43. The minimum Gasteiger partial charge on any atom is -0.368 e. The van der Waals surface area contributed by atoms with E-state index in [1.165, 1.54) is 25.4 Å². The molecule has 0 aromatic carbocycles. The zero-order valence-electron chi connectivity index (χ0n) is 8.81. The first kappa shape index (κ1) is 9.51. The molecule has 2 aliphatic rings. The van der Waals surface area contributed by atoms with Crippen molar-refractivity contribution < 1.29 is 4.74 Å². The van der Waals surface area contributed by atoms with Crippen molar-refractivity contribution in [2.45, 2.75) is 52.1 Å². The standard InChI is InChI=1S/C12H20O/c1-4-12(2,3)8-11-9-5-6-10(7-9)13-11/h9-10H,1,4-8H2,2-3H3. The van der Waals surface area contributed by atoms with Crippen LogP contribution in [-0.4, -0.2) is 6.10 Å². The molecule has 0 amide bonds. The summed E-state index contributed by atoms with van der Waals surface area (Å²) in [6.45, 7) is 8.55. The second kappa shape index (κ2) is 3.27. The van der Waals surface area contributed by atoms with Crippen LogP contribution in [0.2, 0.25) is 0 Å². The normalized spacial score (nSPS) is 34.4. The maximum Gasteiger partial charge on any atom is 0.101 e. The number of ether oxygens (including phenoxy) is 1. The molecule has 1 aliphatic heterocycles. The molecule has 2 bridgehead atoms. The second-order valence-electron chi connectivity index (χ2n) is 5.31. The first-order valence-corrected chi connectivity index (χ1v) is 5.42. The van der Waals surface area contributed by atoms with Crippen molar-refractivity contribution in [1.82, 2.24) is 0 Å². The molecule has 0 aromatic heterocycles. The van der Waals surface area contributed by atoms with Crippen LogP contribution >= 0.6 is 0 Å². The third-order valence-electron chi connectivity index (χ3n) is 3.49. The molecule has 13 heavy (non-hydrogen) atoms. The fraction of sp³-hybridized carbons (Fsp3) is 0.833. The van der Waals surface area contributed by atoms with Gasteiger partial charge in [-0.1, -0.05) is 20.8 Å². The van der Waals surface area contributed by atoms with Crippen molar-refractivity contribution in [3.8, 4) is 0 Å². The van der Waals surface area contributed by atoms with Crippen molar-refractivity contribution in [3.05, 3.63) is 13.0 Å². The van der Waals surface area contributed by atoms with Gasteiger partial charge in [0.1, 0.15) is 6.10 Å². The molecule has 2 fully saturated rings. The summed E-state index contributed by atoms with van der Waals surface area (Å²) in [5.41, 5.74) is 0.333. The molecule has 2 unspecified atom stereocenters. The molecule has 1 saturated carbocycles. The Morgan fingerprint density at radius 3 is 2.69 bits per heavy atom. The Bertz CT molecular complexity index is 186. The van der Waals surface area contributed by atoms with E-state index in [2.05, 4.69) is 20.8 Å². The summed E-state index contributed by atoms with van der Waals surface area (Å²) in [4.78, 5) is 0. The molecule has 74 valence electrons. The van der Waals surface area contributed by atoms with Crippen molar-refractivity contribution in [2.24, 2.45) is 11.3 Å². The molecule has 2 atom stereocenters. The zero-order valence-corrected chi connectivity index (χ0v) is 8.81. The molecular formula is C12H20O. The van der Waals surface area contributed by atoms with Crippen LogP contribution in [0.4, 0.5) is 0 Å². The average Bonchev–Trinajstić information content (AvgIpc) is 2.64. The van der Waals surface area contributed by atoms with Crippen LogP contribution in [0.1, 0.15) is 46.0 Å². The van der Waals surface area contributed by atoms with Crippen LogP contribution in [0.3, 0.4) is 0 Å². The summed E-state index contributed by atoms with van der Waals surface area (Å²) in [6, 6.07) is 0. The van der Waals surface area contributed by atoms with E-state index in [1.54, 1.807) is 0 Å². The quantitative estimate of drug-likeness (QED) is 0.647. The lowest BCUT2D eigenvalue weighted by atomic mass is 9.81. The third-order valence-corrected chi connectivity index (χ3v) is 3.49. The Kier molecular flexibility index (Phi) is 2.39. The van der Waals surface area contributed by atoms with E-state index in [-0.39, 0.29) is 0 Å². The summed E-state index contributed by atoms with van der Waals surface area (Å²) >= 11 is 0. The van der Waals surface area contributed by atoms with Gasteiger partial charge < -0.3 is 4.74 Å². The lowest BCUT2D eigenvalue weighted by Gasteiger charge is -2.30. The maximum atomic E-state index is 5.89. The Balaban J connectivity index is 1.89. The van der Waals surface area contributed by atoms with Crippen molar-refractivity contribution in [1.29, 1.82) is 0 Å². The van der Waals surface area contributed by atoms with Gasteiger partial charge in [-0.15, -0.1) is 0 Å². The summed E-state index contributed by atoms with van der Waals surface area (Å²) in [5.74, 6) is 0.788. The summed E-state index contributed by atoms with van der Waals surface area (Å²) in [5, 5.41) is 0. The zero-order chi connectivity index (χ0) is 9.47. The van der Waals surface area contributed by atoms with E-state index in [4.69, 9.17) is 4.74 Å². The fourth-order valence-corrected chi connectivity index (χ4v) is 2.40. The first-order valence-electron chi connectivity index (χ1n) is 5.42. The highest BCUT2D eigenvalue weighted by atomic mass is 16.5. The molecule has 2 rings (SSSR count). The minimum absolute atomic E-state index is 0.333. The van der Waals surface area contributed by atoms with E-state index in [9.17, 15) is 0 Å². The lowest BCUT2D eigenvalue weighted by Crippen LogP contribution is -2.21. The van der Waals surface area contributed by atoms with Gasteiger partial charge in [0.25, 0.3) is 0 Å². The van der Waals surface area contributed by atoms with Gasteiger partial charge in [0.2, 0.25) is 0 Å². The summed E-state index contributed by atoms with van der Waals surface area (Å²) < 4.78 is 5.89. The van der Waals surface area contributed by atoms with Crippen LogP contribution in [0, 0.1) is 24.4 Å². The van der Waals surface area contributed by atoms with Gasteiger partial charge in [-0.2, -0.15) is 0 Å². The predicted molar refractivity (Wildman–Crippen MR) is 53.8 cm³/mol. The summed E-state index contributed by atoms with van der Waals surface area (Å²) in [6.07, 6.45) is 8.02. The van der Waals surface area contributed by atoms with E-state index in [0.29, 0.717) is 11.5 Å². The van der Waals surface area contributed by atoms with Crippen LogP contribution in [0.25, 0.3) is 0 Å². The predicted octanol–water partition coefficient (Wildman–Crippen LogP) is 3.36. The summed E-state index contributed by atoms with van der Waals surface area (Å²) in [7, 11) is 0. The van der Waals surface area contributed by atoms with Gasteiger partial charge in [-0.3, -0.25) is 0 Å². The SMILES string of the molecule is [CH2]CC(C)(C)C[C]1OC2CCC1C2. The maximum absolute atomic E-state index is 5.89. The van der Waals surface area contributed by atoms with E-state index in [0.717, 1.165) is 18.8 Å². The van der Waals surface area contributed by atoms with Crippen LogP contribution < -0.4 is 0 Å². The highest BCUT2D eigenvalue weighted by molar-refractivity contribution is 5.03. The largest absolute Gasteiger partial charge is 0.368 e. The lowest BCUT2D eigenvalue weighted by molar-refractivity contribution is 0.0564. The topological polar surface area (TPSA) is 9.23 Å². The molecule has 1 nitrogen and oxygen atoms in total. The van der Waals surface area contributed by atoms with Gasteiger partial charge >= 0.3 is 0 Å². The number of hydrogen-bond acceptors (Lipinski definition) is 1. The Morgan fingerprint density at radius 2 is 2.23 bits per heavy atom. The van der Waals surface area contributed by atoms with Crippen molar-refractivity contribution in [2.75, 3.05) is 0 Å². The second-order valence-corrected chi connectivity index (χ2v) is 5.31. The Labute approximate surface area is 81.9 Å². The van der Waals surface area contributed by atoms with Crippen molar-refractivity contribution in [3.63, 3.8) is 0 Å². The van der Waals surface area contributed by atoms with Crippen LogP contribution in [0.15, 0.2) is 0 Å². The highest BCUT2D eigenvalue weighted by Crippen LogP contribution is 2.48. The first-order chi connectivity index (χ1) is 6.11. The van der Waals surface area contributed by atoms with E-state index in [1.807, 2.05) is 0 Å². The molecular weight excluding hydrogens is 160 g/mol. The van der Waals surface area contributed by atoms with E-state index < -0.39 is 0 Å². The fourth-order valence-electron chi connectivity index (χ4n) is 2.40. The van der Waals surface area contributed by atoms with Crippen molar-refractivity contribution >= 4 is 0 Å². The number of hydrogen-bond donors (Lipinski definition) is 0. The molecule has 1 heteroatoms. The third kappa shape index (κ3) is 1.90. The molecule has 1 saturated heterocycles. The molecule has 0 N–H and O–H groups in total. The van der Waals surface area contributed by atoms with Gasteiger partial charge in [-0.25, -0.2) is 0 Å². The van der Waals surface area contributed by atoms with Crippen LogP contribution in [0.5, 0.6) is 0 Å². The van der Waals surface area contributed by atoms with Gasteiger partial charge in [0, 0.05) is 0 Å². The van der Waals surface area contributed by atoms with E-state index >= 15 is 0 Å². The molecule has 1 heterocycles. The average molecular weight is 180 g/mol. The Hall–Kier alpha value is -0.0400. The molecule has 0 spiro atoms. The number of rotatable bonds is 3. The minimum atomic E-state index is 0.333. The smallest absolute Gasteiger partial charge is 0.101 e. The van der Waals surface area contributed by atoms with Gasteiger partial charge in [-0.05, 0) is 43.4 Å².